The van der Waals surface area contributed by atoms with Gasteiger partial charge in [-0.2, -0.15) is 0 Å². The molecule has 2 rings (SSSR count). The van der Waals surface area contributed by atoms with Crippen molar-refractivity contribution in [2.24, 2.45) is 0 Å². The molecule has 0 aromatic carbocycles. The molecule has 0 fully saturated rings. The summed E-state index contributed by atoms with van der Waals surface area (Å²) in [6, 6.07) is 7.71. The van der Waals surface area contributed by atoms with E-state index in [0.29, 0.717) is 0 Å². The molecular formula is C12H11BrN2O. The van der Waals surface area contributed by atoms with Gasteiger partial charge in [0.1, 0.15) is 11.4 Å². The highest BCUT2D eigenvalue weighted by Crippen LogP contribution is 2.27. The summed E-state index contributed by atoms with van der Waals surface area (Å²) in [5.41, 5.74) is 2.76. The van der Waals surface area contributed by atoms with Crippen LogP contribution in [0.2, 0.25) is 0 Å². The van der Waals surface area contributed by atoms with Gasteiger partial charge in [-0.1, -0.05) is 15.9 Å². The molecule has 2 heterocycles. The Hall–Kier alpha value is -1.42. The topological polar surface area (TPSA) is 35.0 Å². The Bertz CT molecular complexity index is 474. The smallest absolute Gasteiger partial charge is 0.145 e. The fourth-order valence-corrected chi connectivity index (χ4v) is 1.75. The number of pyridine rings is 2. The van der Waals surface area contributed by atoms with E-state index >= 15 is 0 Å². The Labute approximate surface area is 103 Å². The lowest BCUT2D eigenvalue weighted by atomic mass is 10.1. The lowest BCUT2D eigenvalue weighted by Crippen LogP contribution is -1.94. The number of nitrogens with zero attached hydrogens (tertiary/aromatic N) is 2. The first-order chi connectivity index (χ1) is 7.85. The van der Waals surface area contributed by atoms with Crippen molar-refractivity contribution in [3.63, 3.8) is 0 Å². The Morgan fingerprint density at radius 1 is 1.31 bits per heavy atom. The van der Waals surface area contributed by atoms with E-state index in [4.69, 9.17) is 4.74 Å². The van der Waals surface area contributed by atoms with Crippen molar-refractivity contribution >= 4 is 15.9 Å². The average Bonchev–Trinajstić information content (AvgIpc) is 2.39. The van der Waals surface area contributed by atoms with E-state index in [-0.39, 0.29) is 0 Å². The molecule has 0 N–H and O–H groups in total. The fraction of sp³-hybridized carbons (Fsp3) is 0.167. The summed E-state index contributed by atoms with van der Waals surface area (Å²) in [4.78, 5) is 8.61. The summed E-state index contributed by atoms with van der Waals surface area (Å²) in [6.07, 6.45) is 3.52. The van der Waals surface area contributed by atoms with Gasteiger partial charge in [-0.05, 0) is 24.3 Å². The highest BCUT2D eigenvalue weighted by atomic mass is 79.9. The molecule has 0 amide bonds. The zero-order valence-corrected chi connectivity index (χ0v) is 10.4. The third-order valence-corrected chi connectivity index (χ3v) is 2.78. The molecule has 0 saturated heterocycles. The van der Waals surface area contributed by atoms with E-state index < -0.39 is 0 Å². The number of alkyl halides is 1. The quantitative estimate of drug-likeness (QED) is 0.810. The number of aromatic nitrogens is 2. The number of hydrogen-bond donors (Lipinski definition) is 0. The lowest BCUT2D eigenvalue weighted by molar-refractivity contribution is 0.414. The summed E-state index contributed by atoms with van der Waals surface area (Å²) in [5, 5.41) is 0.726. The molecule has 16 heavy (non-hydrogen) atoms. The van der Waals surface area contributed by atoms with E-state index in [1.54, 1.807) is 19.5 Å². The molecule has 0 aliphatic heterocycles. The van der Waals surface area contributed by atoms with E-state index in [2.05, 4.69) is 25.9 Å². The van der Waals surface area contributed by atoms with E-state index in [9.17, 15) is 0 Å². The minimum atomic E-state index is 0.726. The second-order valence-electron chi connectivity index (χ2n) is 3.23. The molecule has 0 aliphatic rings. The van der Waals surface area contributed by atoms with E-state index in [0.717, 1.165) is 28.0 Å². The lowest BCUT2D eigenvalue weighted by Gasteiger charge is -2.08. The summed E-state index contributed by atoms with van der Waals surface area (Å²) in [6.45, 7) is 0. The molecule has 82 valence electrons. The summed E-state index contributed by atoms with van der Waals surface area (Å²) >= 11 is 3.39. The van der Waals surface area contributed by atoms with Crippen molar-refractivity contribution in [2.45, 2.75) is 5.33 Å². The molecule has 0 bridgehead atoms. The van der Waals surface area contributed by atoms with Crippen LogP contribution in [0.25, 0.3) is 11.3 Å². The fourth-order valence-electron chi connectivity index (χ4n) is 1.44. The third-order valence-electron chi connectivity index (χ3n) is 2.21. The predicted octanol–water partition coefficient (Wildman–Crippen LogP) is 3.05. The summed E-state index contributed by atoms with van der Waals surface area (Å²) in [7, 11) is 1.64. The van der Waals surface area contributed by atoms with Gasteiger partial charge < -0.3 is 4.74 Å². The van der Waals surface area contributed by atoms with Crippen molar-refractivity contribution < 1.29 is 4.74 Å². The van der Waals surface area contributed by atoms with Crippen LogP contribution in [0.5, 0.6) is 5.75 Å². The second kappa shape index (κ2) is 5.07. The van der Waals surface area contributed by atoms with Gasteiger partial charge in [-0.25, -0.2) is 4.98 Å². The van der Waals surface area contributed by atoms with Gasteiger partial charge in [0, 0.05) is 23.3 Å². The van der Waals surface area contributed by atoms with Crippen molar-refractivity contribution in [3.05, 3.63) is 42.4 Å². The summed E-state index contributed by atoms with van der Waals surface area (Å²) in [5.74, 6) is 0.762. The molecule has 0 radical (unpaired) electrons. The van der Waals surface area contributed by atoms with Crippen molar-refractivity contribution in [1.29, 1.82) is 0 Å². The Balaban J connectivity index is 2.53. The normalized spacial score (nSPS) is 10.1. The maximum absolute atomic E-state index is 5.29. The van der Waals surface area contributed by atoms with Crippen LogP contribution in [0.15, 0.2) is 36.7 Å². The summed E-state index contributed by atoms with van der Waals surface area (Å²) < 4.78 is 5.29. The molecule has 4 heteroatoms. The van der Waals surface area contributed by atoms with Gasteiger partial charge in [-0.15, -0.1) is 0 Å². The molecular weight excluding hydrogens is 268 g/mol. The second-order valence-corrected chi connectivity index (χ2v) is 3.79. The zero-order chi connectivity index (χ0) is 11.4. The largest absolute Gasteiger partial charge is 0.494 e. The van der Waals surface area contributed by atoms with Crippen LogP contribution >= 0.6 is 15.9 Å². The van der Waals surface area contributed by atoms with E-state index in [1.165, 1.54) is 0 Å². The van der Waals surface area contributed by atoms with Gasteiger partial charge in [-0.3, -0.25) is 4.98 Å². The minimum absolute atomic E-state index is 0.726. The van der Waals surface area contributed by atoms with Crippen LogP contribution in [-0.4, -0.2) is 17.1 Å². The monoisotopic (exact) mass is 278 g/mol. The number of rotatable bonds is 3. The minimum Gasteiger partial charge on any atom is -0.494 e. The predicted molar refractivity (Wildman–Crippen MR) is 66.7 cm³/mol. The van der Waals surface area contributed by atoms with Gasteiger partial charge in [0.05, 0.1) is 12.8 Å². The van der Waals surface area contributed by atoms with Crippen LogP contribution in [0, 0.1) is 0 Å². The van der Waals surface area contributed by atoms with Crippen LogP contribution in [0.1, 0.15) is 5.69 Å². The maximum Gasteiger partial charge on any atom is 0.145 e. The highest BCUT2D eigenvalue weighted by Gasteiger charge is 2.08. The van der Waals surface area contributed by atoms with Gasteiger partial charge in [0.2, 0.25) is 0 Å². The van der Waals surface area contributed by atoms with Crippen LogP contribution in [0.3, 0.4) is 0 Å². The molecule has 0 saturated carbocycles. The SMILES string of the molecule is COc1ccc(CBr)nc1-c1cccnc1. The third kappa shape index (κ3) is 2.22. The van der Waals surface area contributed by atoms with Gasteiger partial charge >= 0.3 is 0 Å². The molecule has 2 aromatic heterocycles. The van der Waals surface area contributed by atoms with Crippen molar-refractivity contribution in [3.8, 4) is 17.0 Å². The first kappa shape index (κ1) is 11.1. The van der Waals surface area contributed by atoms with Crippen molar-refractivity contribution in [2.75, 3.05) is 7.11 Å². The van der Waals surface area contributed by atoms with E-state index in [1.807, 2.05) is 24.3 Å². The first-order valence-corrected chi connectivity index (χ1v) is 5.97. The van der Waals surface area contributed by atoms with Crippen LogP contribution in [0.4, 0.5) is 0 Å². The number of methoxy groups -OCH3 is 1. The molecule has 2 aromatic rings. The first-order valence-electron chi connectivity index (χ1n) is 4.85. The molecule has 0 atom stereocenters. The van der Waals surface area contributed by atoms with Crippen LogP contribution in [-0.2, 0) is 5.33 Å². The standard InChI is InChI=1S/C12H11BrN2O/c1-16-11-5-4-10(7-13)15-12(11)9-3-2-6-14-8-9/h2-6,8H,7H2,1H3. The van der Waals surface area contributed by atoms with Crippen molar-refractivity contribution in [1.82, 2.24) is 9.97 Å². The highest BCUT2D eigenvalue weighted by molar-refractivity contribution is 9.08. The van der Waals surface area contributed by atoms with Gasteiger partial charge in [0.25, 0.3) is 0 Å². The zero-order valence-electron chi connectivity index (χ0n) is 8.85. The average molecular weight is 279 g/mol. The van der Waals surface area contributed by atoms with Crippen LogP contribution < -0.4 is 4.74 Å². The maximum atomic E-state index is 5.29. The molecule has 0 spiro atoms. The number of halogens is 1. The number of hydrogen-bond acceptors (Lipinski definition) is 3. The molecule has 0 unspecified atom stereocenters. The Morgan fingerprint density at radius 2 is 2.19 bits per heavy atom. The Morgan fingerprint density at radius 3 is 2.81 bits per heavy atom. The Kier molecular flexibility index (Phi) is 3.51. The molecule has 0 aliphatic carbocycles. The number of ether oxygens (including phenoxy) is 1. The van der Waals surface area contributed by atoms with Gasteiger partial charge in [0.15, 0.2) is 0 Å². The molecule has 3 nitrogen and oxygen atoms in total.